The lowest BCUT2D eigenvalue weighted by molar-refractivity contribution is -0.198. The number of rotatable bonds is 4. The third-order valence-electron chi connectivity index (χ3n) is 2.07. The molecule has 1 unspecified atom stereocenters. The first-order valence-corrected chi connectivity index (χ1v) is 6.24. The molecule has 0 amide bonds. The average Bonchev–Trinajstić information content (AvgIpc) is 2.23. The zero-order valence-corrected chi connectivity index (χ0v) is 12.1. The Labute approximate surface area is 124 Å². The summed E-state index contributed by atoms with van der Waals surface area (Å²) in [7, 11) is 0. The number of carboxylic acids is 1. The van der Waals surface area contributed by atoms with Gasteiger partial charge in [0.15, 0.2) is 5.92 Å². The summed E-state index contributed by atoms with van der Waals surface area (Å²) in [6.45, 7) is -1.09. The van der Waals surface area contributed by atoms with Gasteiger partial charge in [0, 0.05) is 10.5 Å². The van der Waals surface area contributed by atoms with Crippen LogP contribution in [-0.2, 0) is 4.79 Å². The molecule has 0 aliphatic heterocycles. The minimum absolute atomic E-state index is 0.0163. The lowest BCUT2D eigenvalue weighted by Crippen LogP contribution is -2.35. The lowest BCUT2D eigenvalue weighted by atomic mass is 10.1. The Bertz CT molecular complexity index is 494. The predicted molar refractivity (Wildman–Crippen MR) is 66.8 cm³/mol. The van der Waals surface area contributed by atoms with Gasteiger partial charge in [-0.2, -0.15) is 13.2 Å². The van der Waals surface area contributed by atoms with E-state index < -0.39 is 24.7 Å². The van der Waals surface area contributed by atoms with E-state index in [4.69, 9.17) is 33.0 Å². The van der Waals surface area contributed by atoms with E-state index in [1.54, 1.807) is 0 Å². The number of hydrogen-bond donors (Lipinski definition) is 1. The van der Waals surface area contributed by atoms with Gasteiger partial charge in [-0.25, -0.2) is 0 Å². The molecular weight excluding hydrogens is 376 g/mol. The van der Waals surface area contributed by atoms with Gasteiger partial charge in [-0.05, 0) is 22.0 Å². The molecule has 1 N–H and O–H groups in total. The van der Waals surface area contributed by atoms with Crippen LogP contribution in [0.2, 0.25) is 10.0 Å². The van der Waals surface area contributed by atoms with Crippen molar-refractivity contribution in [3.05, 3.63) is 26.7 Å². The molecule has 0 saturated heterocycles. The molecule has 0 aliphatic carbocycles. The van der Waals surface area contributed by atoms with Crippen molar-refractivity contribution < 1.29 is 27.8 Å². The van der Waals surface area contributed by atoms with Crippen LogP contribution in [0.25, 0.3) is 0 Å². The van der Waals surface area contributed by atoms with Gasteiger partial charge in [-0.15, -0.1) is 0 Å². The summed E-state index contributed by atoms with van der Waals surface area (Å²) in [5.41, 5.74) is 0. The maximum Gasteiger partial charge on any atom is 0.405 e. The number of ether oxygens (including phenoxy) is 1. The van der Waals surface area contributed by atoms with E-state index in [1.165, 1.54) is 12.1 Å². The molecular formula is C10H6BrCl2F3O3. The molecule has 9 heteroatoms. The lowest BCUT2D eigenvalue weighted by Gasteiger charge is -2.17. The van der Waals surface area contributed by atoms with E-state index in [-0.39, 0.29) is 15.8 Å². The summed E-state index contributed by atoms with van der Waals surface area (Å²) < 4.78 is 42.4. The quantitative estimate of drug-likeness (QED) is 0.786. The molecule has 0 saturated carbocycles. The SMILES string of the molecule is O=C(O)C(COc1cc(Cl)c(Br)cc1Cl)C(F)(F)F. The molecule has 1 aromatic carbocycles. The zero-order chi connectivity index (χ0) is 14.8. The minimum Gasteiger partial charge on any atom is -0.491 e. The molecule has 19 heavy (non-hydrogen) atoms. The summed E-state index contributed by atoms with van der Waals surface area (Å²) in [4.78, 5) is 10.5. The van der Waals surface area contributed by atoms with Crippen LogP contribution in [0.1, 0.15) is 0 Å². The Kier molecular flexibility index (Phi) is 5.34. The molecule has 1 aromatic rings. The van der Waals surface area contributed by atoms with Crippen LogP contribution in [0.15, 0.2) is 16.6 Å². The normalized spacial score (nSPS) is 13.2. The highest BCUT2D eigenvalue weighted by Crippen LogP contribution is 2.35. The fourth-order valence-electron chi connectivity index (χ4n) is 1.09. The second kappa shape index (κ2) is 6.19. The van der Waals surface area contributed by atoms with Crippen LogP contribution in [-0.4, -0.2) is 23.9 Å². The van der Waals surface area contributed by atoms with E-state index in [2.05, 4.69) is 15.9 Å². The molecule has 0 bridgehead atoms. The van der Waals surface area contributed by atoms with Crippen LogP contribution in [0.3, 0.4) is 0 Å². The monoisotopic (exact) mass is 380 g/mol. The standard InChI is InChI=1S/C10H6BrCl2F3O3/c11-5-1-7(13)8(2-6(5)12)19-3-4(9(17)18)10(14,15)16/h1-2,4H,3H2,(H,17,18). The average molecular weight is 382 g/mol. The second-order valence-corrected chi connectivity index (χ2v) is 5.11. The Morgan fingerprint density at radius 3 is 2.42 bits per heavy atom. The maximum absolute atomic E-state index is 12.4. The first-order chi connectivity index (χ1) is 8.62. The van der Waals surface area contributed by atoms with Crippen LogP contribution < -0.4 is 4.74 Å². The van der Waals surface area contributed by atoms with Gasteiger partial charge >= 0.3 is 12.1 Å². The number of alkyl halides is 3. The summed E-state index contributed by atoms with van der Waals surface area (Å²) in [5.74, 6) is -4.77. The summed E-state index contributed by atoms with van der Waals surface area (Å²) in [6, 6.07) is 2.53. The smallest absolute Gasteiger partial charge is 0.405 e. The predicted octanol–water partition coefficient (Wildman–Crippen LogP) is 4.40. The molecule has 3 nitrogen and oxygen atoms in total. The molecule has 1 atom stereocenters. The molecule has 106 valence electrons. The molecule has 0 heterocycles. The number of hydrogen-bond acceptors (Lipinski definition) is 2. The highest BCUT2D eigenvalue weighted by Gasteiger charge is 2.45. The zero-order valence-electron chi connectivity index (χ0n) is 8.97. The van der Waals surface area contributed by atoms with Crippen molar-refractivity contribution in [3.8, 4) is 5.75 Å². The number of benzene rings is 1. The molecule has 0 aromatic heterocycles. The third-order valence-corrected chi connectivity index (χ3v) is 3.57. The highest BCUT2D eigenvalue weighted by atomic mass is 79.9. The second-order valence-electron chi connectivity index (χ2n) is 3.44. The molecule has 0 aliphatic rings. The number of carbonyl (C=O) groups is 1. The van der Waals surface area contributed by atoms with Crippen molar-refractivity contribution in [3.63, 3.8) is 0 Å². The largest absolute Gasteiger partial charge is 0.491 e. The fraction of sp³-hybridized carbons (Fsp3) is 0.300. The molecule has 0 fully saturated rings. The Morgan fingerprint density at radius 1 is 1.37 bits per heavy atom. The Balaban J connectivity index is 2.86. The van der Waals surface area contributed by atoms with Crippen LogP contribution >= 0.6 is 39.1 Å². The van der Waals surface area contributed by atoms with E-state index in [9.17, 15) is 18.0 Å². The van der Waals surface area contributed by atoms with Crippen LogP contribution in [0.5, 0.6) is 5.75 Å². The van der Waals surface area contributed by atoms with Gasteiger partial charge in [0.25, 0.3) is 0 Å². The third kappa shape index (κ3) is 4.43. The molecule has 1 rings (SSSR count). The summed E-state index contributed by atoms with van der Waals surface area (Å²) in [6.07, 6.45) is -4.91. The molecule has 0 radical (unpaired) electrons. The molecule has 0 spiro atoms. The first-order valence-electron chi connectivity index (χ1n) is 4.69. The number of halogens is 6. The maximum atomic E-state index is 12.4. The van der Waals surface area contributed by atoms with Crippen LogP contribution in [0.4, 0.5) is 13.2 Å². The minimum atomic E-state index is -4.91. The van der Waals surface area contributed by atoms with Gasteiger partial charge in [0.2, 0.25) is 0 Å². The number of aliphatic carboxylic acids is 1. The van der Waals surface area contributed by atoms with Crippen molar-refractivity contribution in [2.75, 3.05) is 6.61 Å². The van der Waals surface area contributed by atoms with E-state index >= 15 is 0 Å². The van der Waals surface area contributed by atoms with Gasteiger partial charge in [-0.3, -0.25) is 4.79 Å². The van der Waals surface area contributed by atoms with Crippen molar-refractivity contribution in [1.29, 1.82) is 0 Å². The topological polar surface area (TPSA) is 46.5 Å². The van der Waals surface area contributed by atoms with Gasteiger partial charge in [0.1, 0.15) is 12.4 Å². The Hall–Kier alpha value is -0.660. The van der Waals surface area contributed by atoms with Gasteiger partial charge in [0.05, 0.1) is 10.0 Å². The fourth-order valence-corrected chi connectivity index (χ4v) is 1.94. The first kappa shape index (κ1) is 16.4. The van der Waals surface area contributed by atoms with Crippen molar-refractivity contribution in [2.45, 2.75) is 6.18 Å². The number of carboxylic acid groups (broad SMARTS) is 1. The van der Waals surface area contributed by atoms with Crippen molar-refractivity contribution in [1.82, 2.24) is 0 Å². The summed E-state index contributed by atoms with van der Waals surface area (Å²) >= 11 is 14.5. The van der Waals surface area contributed by atoms with E-state index in [0.717, 1.165) is 0 Å². The van der Waals surface area contributed by atoms with Gasteiger partial charge in [-0.1, -0.05) is 23.2 Å². The van der Waals surface area contributed by atoms with Crippen molar-refractivity contribution >= 4 is 45.1 Å². The highest BCUT2D eigenvalue weighted by molar-refractivity contribution is 9.10. The van der Waals surface area contributed by atoms with Gasteiger partial charge < -0.3 is 9.84 Å². The van der Waals surface area contributed by atoms with E-state index in [1.807, 2.05) is 0 Å². The van der Waals surface area contributed by atoms with Crippen molar-refractivity contribution in [2.24, 2.45) is 5.92 Å². The summed E-state index contributed by atoms with van der Waals surface area (Å²) in [5, 5.41) is 8.68. The Morgan fingerprint density at radius 2 is 1.95 bits per heavy atom. The van der Waals surface area contributed by atoms with Crippen LogP contribution in [0, 0.1) is 5.92 Å². The van der Waals surface area contributed by atoms with E-state index in [0.29, 0.717) is 4.47 Å².